The summed E-state index contributed by atoms with van der Waals surface area (Å²) in [6, 6.07) is 69.3. The molecule has 0 bridgehead atoms. The fourth-order valence-electron chi connectivity index (χ4n) is 8.56. The Morgan fingerprint density at radius 2 is 0.885 bits per heavy atom. The van der Waals surface area contributed by atoms with E-state index in [0.717, 1.165) is 17.1 Å². The number of rotatable bonds is 5. The summed E-state index contributed by atoms with van der Waals surface area (Å²) in [5.74, 6) is 0. The lowest BCUT2D eigenvalue weighted by molar-refractivity contribution is 0.660. The van der Waals surface area contributed by atoms with Crippen LogP contribution in [0, 0.1) is 0 Å². The molecule has 0 saturated heterocycles. The third-order valence-corrected chi connectivity index (χ3v) is 11.2. The first kappa shape index (κ1) is 30.4. The molecule has 0 atom stereocenters. The number of anilines is 3. The van der Waals surface area contributed by atoms with Gasteiger partial charge >= 0.3 is 0 Å². The molecule has 0 radical (unpaired) electrons. The van der Waals surface area contributed by atoms with E-state index in [2.05, 4.69) is 207 Å². The molecular formula is C51H37N. The molecule has 0 aromatic heterocycles. The predicted molar refractivity (Wildman–Crippen MR) is 222 cm³/mol. The van der Waals surface area contributed by atoms with Crippen LogP contribution in [0.4, 0.5) is 17.1 Å². The normalized spacial score (nSPS) is 13.0. The third-order valence-electron chi connectivity index (χ3n) is 11.2. The standard InChI is InChI=1S/C51H37N/c1-51(2)49-21-9-8-20-46(49)47-29-26-42(33-50(47)51)52(40-18-11-17-39(31-40)38-16-10-15-37(30-38)34-12-4-3-5-13-34)41-25-22-36-24-27-44-43-19-7-6-14-35(43)23-28-45(44)48(36)32-41/h3-33H,1-2H3. The van der Waals surface area contributed by atoms with Crippen molar-refractivity contribution in [2.45, 2.75) is 19.3 Å². The van der Waals surface area contributed by atoms with Gasteiger partial charge in [0.05, 0.1) is 0 Å². The molecule has 1 aliphatic rings. The van der Waals surface area contributed by atoms with Crippen LogP contribution in [-0.2, 0) is 5.41 Å². The monoisotopic (exact) mass is 663 g/mol. The molecule has 9 aromatic rings. The molecule has 1 nitrogen and oxygen atoms in total. The van der Waals surface area contributed by atoms with Crippen LogP contribution < -0.4 is 4.90 Å². The lowest BCUT2D eigenvalue weighted by Crippen LogP contribution is -2.16. The average Bonchev–Trinajstić information content (AvgIpc) is 3.43. The van der Waals surface area contributed by atoms with Crippen LogP contribution in [0.2, 0.25) is 0 Å². The second-order valence-corrected chi connectivity index (χ2v) is 14.6. The van der Waals surface area contributed by atoms with Gasteiger partial charge in [0, 0.05) is 22.5 Å². The lowest BCUT2D eigenvalue weighted by Gasteiger charge is -2.29. The molecule has 0 heterocycles. The van der Waals surface area contributed by atoms with Crippen molar-refractivity contribution in [3.63, 3.8) is 0 Å². The van der Waals surface area contributed by atoms with Gasteiger partial charge in [0.2, 0.25) is 0 Å². The first-order valence-electron chi connectivity index (χ1n) is 18.2. The van der Waals surface area contributed by atoms with Crippen molar-refractivity contribution >= 4 is 49.4 Å². The number of fused-ring (bicyclic) bond motifs is 8. The fourth-order valence-corrected chi connectivity index (χ4v) is 8.56. The molecule has 0 aliphatic heterocycles. The summed E-state index contributed by atoms with van der Waals surface area (Å²) in [6.45, 7) is 4.72. The van der Waals surface area contributed by atoms with Crippen LogP contribution in [0.5, 0.6) is 0 Å². The SMILES string of the molecule is CC1(C)c2ccccc2-c2ccc(N(c3cccc(-c4cccc(-c5ccccc5)c4)c3)c3ccc4ccc5c6ccccc6ccc5c4c3)cc21. The van der Waals surface area contributed by atoms with E-state index in [4.69, 9.17) is 0 Å². The van der Waals surface area contributed by atoms with Gasteiger partial charge in [0.25, 0.3) is 0 Å². The van der Waals surface area contributed by atoms with E-state index in [1.807, 2.05) is 0 Å². The van der Waals surface area contributed by atoms with Gasteiger partial charge in [-0.25, -0.2) is 0 Å². The maximum absolute atomic E-state index is 2.45. The largest absolute Gasteiger partial charge is 0.310 e. The van der Waals surface area contributed by atoms with Crippen molar-refractivity contribution in [2.75, 3.05) is 4.90 Å². The van der Waals surface area contributed by atoms with Gasteiger partial charge in [-0.2, -0.15) is 0 Å². The quantitative estimate of drug-likeness (QED) is 0.166. The maximum Gasteiger partial charge on any atom is 0.0468 e. The molecule has 9 aromatic carbocycles. The summed E-state index contributed by atoms with van der Waals surface area (Å²) >= 11 is 0. The minimum absolute atomic E-state index is 0.103. The first-order valence-corrected chi connectivity index (χ1v) is 18.2. The first-order chi connectivity index (χ1) is 25.5. The van der Waals surface area contributed by atoms with Crippen LogP contribution in [0.1, 0.15) is 25.0 Å². The molecule has 0 amide bonds. The molecule has 246 valence electrons. The topological polar surface area (TPSA) is 3.24 Å². The van der Waals surface area contributed by atoms with E-state index in [1.165, 1.54) is 76.8 Å². The summed E-state index contributed by atoms with van der Waals surface area (Å²) in [4.78, 5) is 2.45. The Balaban J connectivity index is 1.17. The van der Waals surface area contributed by atoms with Crippen molar-refractivity contribution in [3.05, 3.63) is 199 Å². The smallest absolute Gasteiger partial charge is 0.0468 e. The van der Waals surface area contributed by atoms with Crippen LogP contribution in [0.15, 0.2) is 188 Å². The van der Waals surface area contributed by atoms with Gasteiger partial charge in [-0.05, 0) is 119 Å². The van der Waals surface area contributed by atoms with Crippen molar-refractivity contribution < 1.29 is 0 Å². The second-order valence-electron chi connectivity index (χ2n) is 14.6. The number of benzene rings is 9. The summed E-state index contributed by atoms with van der Waals surface area (Å²) in [6.07, 6.45) is 0. The molecule has 1 aliphatic carbocycles. The minimum Gasteiger partial charge on any atom is -0.310 e. The maximum atomic E-state index is 2.45. The molecule has 1 heteroatoms. The van der Waals surface area contributed by atoms with Gasteiger partial charge in [-0.1, -0.05) is 159 Å². The van der Waals surface area contributed by atoms with Crippen LogP contribution in [0.3, 0.4) is 0 Å². The number of hydrogen-bond acceptors (Lipinski definition) is 1. The highest BCUT2D eigenvalue weighted by molar-refractivity contribution is 6.17. The summed E-state index contributed by atoms with van der Waals surface area (Å²) in [5.41, 5.74) is 13.6. The van der Waals surface area contributed by atoms with Crippen molar-refractivity contribution in [1.29, 1.82) is 0 Å². The van der Waals surface area contributed by atoms with Gasteiger partial charge in [-0.15, -0.1) is 0 Å². The van der Waals surface area contributed by atoms with E-state index in [0.29, 0.717) is 0 Å². The highest BCUT2D eigenvalue weighted by Crippen LogP contribution is 2.51. The molecule has 0 unspecified atom stereocenters. The molecule has 10 rings (SSSR count). The third kappa shape index (κ3) is 4.85. The van der Waals surface area contributed by atoms with Gasteiger partial charge in [0.1, 0.15) is 0 Å². The van der Waals surface area contributed by atoms with Crippen LogP contribution in [0.25, 0.3) is 65.7 Å². The van der Waals surface area contributed by atoms with Crippen molar-refractivity contribution in [1.82, 2.24) is 0 Å². The fraction of sp³-hybridized carbons (Fsp3) is 0.0588. The lowest BCUT2D eigenvalue weighted by atomic mass is 9.82. The molecule has 0 N–H and O–H groups in total. The average molecular weight is 664 g/mol. The van der Waals surface area contributed by atoms with E-state index >= 15 is 0 Å². The zero-order valence-corrected chi connectivity index (χ0v) is 29.3. The molecule has 0 spiro atoms. The number of nitrogens with zero attached hydrogens (tertiary/aromatic N) is 1. The molecule has 52 heavy (non-hydrogen) atoms. The van der Waals surface area contributed by atoms with Gasteiger partial charge < -0.3 is 4.90 Å². The Hall–Kier alpha value is -6.44. The Labute approximate surface area is 305 Å². The Morgan fingerprint density at radius 3 is 1.73 bits per heavy atom. The Bertz CT molecular complexity index is 2830. The zero-order chi connectivity index (χ0) is 34.8. The van der Waals surface area contributed by atoms with Crippen molar-refractivity contribution in [2.24, 2.45) is 0 Å². The van der Waals surface area contributed by atoms with Crippen molar-refractivity contribution in [3.8, 4) is 33.4 Å². The van der Waals surface area contributed by atoms with E-state index in [-0.39, 0.29) is 5.41 Å². The highest BCUT2D eigenvalue weighted by atomic mass is 15.1. The van der Waals surface area contributed by atoms with Crippen LogP contribution >= 0.6 is 0 Å². The van der Waals surface area contributed by atoms with Crippen LogP contribution in [-0.4, -0.2) is 0 Å². The number of hydrogen-bond donors (Lipinski definition) is 0. The Kier molecular flexibility index (Phi) is 6.91. The molecule has 0 fully saturated rings. The summed E-state index contributed by atoms with van der Waals surface area (Å²) in [7, 11) is 0. The van der Waals surface area contributed by atoms with Gasteiger partial charge in [0.15, 0.2) is 0 Å². The summed E-state index contributed by atoms with van der Waals surface area (Å²) < 4.78 is 0. The predicted octanol–water partition coefficient (Wildman–Crippen LogP) is 14.3. The van der Waals surface area contributed by atoms with E-state index < -0.39 is 0 Å². The zero-order valence-electron chi connectivity index (χ0n) is 29.3. The summed E-state index contributed by atoms with van der Waals surface area (Å²) in [5, 5.41) is 7.61. The molecular weight excluding hydrogens is 627 g/mol. The minimum atomic E-state index is -0.103. The van der Waals surface area contributed by atoms with E-state index in [1.54, 1.807) is 0 Å². The Morgan fingerprint density at radius 1 is 0.327 bits per heavy atom. The van der Waals surface area contributed by atoms with Gasteiger partial charge in [-0.3, -0.25) is 0 Å². The van der Waals surface area contributed by atoms with E-state index in [9.17, 15) is 0 Å². The highest BCUT2D eigenvalue weighted by Gasteiger charge is 2.35. The second kappa shape index (κ2) is 11.8. The molecule has 0 saturated carbocycles.